The van der Waals surface area contributed by atoms with E-state index in [1.807, 2.05) is 37.3 Å². The van der Waals surface area contributed by atoms with Crippen molar-refractivity contribution in [3.8, 4) is 0 Å². The van der Waals surface area contributed by atoms with Crippen molar-refractivity contribution in [2.45, 2.75) is 18.2 Å². The maximum atomic E-state index is 13.6. The minimum absolute atomic E-state index is 0.177. The maximum Gasteiger partial charge on any atom is 0.269 e. The van der Waals surface area contributed by atoms with Gasteiger partial charge in [-0.15, -0.1) is 0 Å². The van der Waals surface area contributed by atoms with E-state index in [0.29, 0.717) is 17.5 Å². The number of aryl methyl sites for hydroxylation is 1. The molecule has 0 unspecified atom stereocenters. The third-order valence-electron chi connectivity index (χ3n) is 4.85. The first-order valence-corrected chi connectivity index (χ1v) is 11.7. The van der Waals surface area contributed by atoms with Crippen molar-refractivity contribution < 1.29 is 13.2 Å². The summed E-state index contributed by atoms with van der Waals surface area (Å²) in [6.45, 7) is 1.90. The molecule has 1 amide bonds. The fourth-order valence-corrected chi connectivity index (χ4v) is 5.80. The second-order valence-corrected chi connectivity index (χ2v) is 9.83. The molecule has 0 saturated heterocycles. The Kier molecular flexibility index (Phi) is 5.37. The lowest BCUT2D eigenvalue weighted by atomic mass is 10.1. The lowest BCUT2D eigenvalue weighted by Gasteiger charge is -2.12. The number of nitrogens with zero attached hydrogens (tertiary/aromatic N) is 2. The van der Waals surface area contributed by atoms with E-state index < -0.39 is 15.9 Å². The average Bonchev–Trinajstić information content (AvgIpc) is 3.01. The number of fused-ring (bicyclic) bond motifs is 1. The molecule has 2 aromatic heterocycles. The van der Waals surface area contributed by atoms with E-state index in [-0.39, 0.29) is 16.1 Å². The fraction of sp³-hybridized carbons (Fsp3) is 0.0909. The van der Waals surface area contributed by atoms with Gasteiger partial charge in [-0.3, -0.25) is 4.79 Å². The standard InChI is InChI=1S/C22H18IN3O3S/c1-14-7-9-17(10-8-14)30(28,29)26-19(11-15-5-3-2-4-6-15)20(23)18-12-16(21(24)27)13-25-22(18)26/h2-10,12-13H,11H2,1H3,(H2,24,27). The van der Waals surface area contributed by atoms with Crippen LogP contribution >= 0.6 is 22.6 Å². The normalized spacial score (nSPS) is 11.7. The van der Waals surface area contributed by atoms with E-state index in [4.69, 9.17) is 5.73 Å². The number of aromatic nitrogens is 2. The van der Waals surface area contributed by atoms with Crippen molar-refractivity contribution in [1.29, 1.82) is 0 Å². The molecule has 0 aliphatic rings. The molecule has 152 valence electrons. The van der Waals surface area contributed by atoms with Gasteiger partial charge in [-0.1, -0.05) is 48.0 Å². The summed E-state index contributed by atoms with van der Waals surface area (Å²) in [4.78, 5) is 16.1. The molecule has 2 aromatic carbocycles. The van der Waals surface area contributed by atoms with Gasteiger partial charge < -0.3 is 5.73 Å². The first-order chi connectivity index (χ1) is 14.3. The van der Waals surface area contributed by atoms with Gasteiger partial charge in [0, 0.05) is 21.6 Å². The van der Waals surface area contributed by atoms with Crippen LogP contribution in [0.5, 0.6) is 0 Å². The zero-order valence-electron chi connectivity index (χ0n) is 16.0. The van der Waals surface area contributed by atoms with Gasteiger partial charge in [-0.05, 0) is 53.3 Å². The van der Waals surface area contributed by atoms with Crippen LogP contribution in [0.25, 0.3) is 11.0 Å². The van der Waals surface area contributed by atoms with Gasteiger partial charge in [0.1, 0.15) is 0 Å². The third-order valence-corrected chi connectivity index (χ3v) is 7.80. The number of benzene rings is 2. The molecule has 6 nitrogen and oxygen atoms in total. The topological polar surface area (TPSA) is 95.0 Å². The van der Waals surface area contributed by atoms with Gasteiger partial charge in [0.2, 0.25) is 5.91 Å². The predicted octanol–water partition coefficient (Wildman–Crippen LogP) is 3.88. The highest BCUT2D eigenvalue weighted by Crippen LogP contribution is 2.32. The van der Waals surface area contributed by atoms with Crippen LogP contribution in [0.15, 0.2) is 71.8 Å². The summed E-state index contributed by atoms with van der Waals surface area (Å²) in [6, 6.07) is 17.9. The monoisotopic (exact) mass is 531 g/mol. The van der Waals surface area contributed by atoms with Crippen molar-refractivity contribution in [3.05, 3.63) is 92.8 Å². The van der Waals surface area contributed by atoms with E-state index in [0.717, 1.165) is 14.7 Å². The number of nitrogens with two attached hydrogens (primary N) is 1. The number of amides is 1. The van der Waals surface area contributed by atoms with Crippen LogP contribution in [0.1, 0.15) is 27.2 Å². The van der Waals surface area contributed by atoms with Gasteiger partial charge in [-0.25, -0.2) is 17.4 Å². The Bertz CT molecular complexity index is 1360. The Hall–Kier alpha value is -2.72. The number of rotatable bonds is 5. The van der Waals surface area contributed by atoms with Gasteiger partial charge in [-0.2, -0.15) is 0 Å². The van der Waals surface area contributed by atoms with Crippen LogP contribution in [-0.2, 0) is 16.4 Å². The lowest BCUT2D eigenvalue weighted by molar-refractivity contribution is 0.1000. The highest BCUT2D eigenvalue weighted by molar-refractivity contribution is 14.1. The molecular weight excluding hydrogens is 513 g/mol. The number of pyridine rings is 1. The minimum atomic E-state index is -3.91. The average molecular weight is 531 g/mol. The van der Waals surface area contributed by atoms with Gasteiger partial charge in [0.25, 0.3) is 10.0 Å². The highest BCUT2D eigenvalue weighted by atomic mass is 127. The molecule has 0 bridgehead atoms. The SMILES string of the molecule is Cc1ccc(S(=O)(=O)n2c(Cc3ccccc3)c(I)c3cc(C(N)=O)cnc32)cc1. The van der Waals surface area contributed by atoms with Crippen LogP contribution in [0.2, 0.25) is 0 Å². The van der Waals surface area contributed by atoms with Crippen molar-refractivity contribution in [2.75, 3.05) is 0 Å². The minimum Gasteiger partial charge on any atom is -0.366 e. The molecule has 2 N–H and O–H groups in total. The molecule has 0 aliphatic heterocycles. The molecule has 0 atom stereocenters. The Labute approximate surface area is 187 Å². The van der Waals surface area contributed by atoms with Crippen LogP contribution in [-0.4, -0.2) is 23.3 Å². The molecule has 0 aliphatic carbocycles. The maximum absolute atomic E-state index is 13.6. The summed E-state index contributed by atoms with van der Waals surface area (Å²) in [5.41, 5.74) is 8.44. The van der Waals surface area contributed by atoms with E-state index >= 15 is 0 Å². The Morgan fingerprint density at radius 3 is 2.40 bits per heavy atom. The predicted molar refractivity (Wildman–Crippen MR) is 124 cm³/mol. The summed E-state index contributed by atoms with van der Waals surface area (Å²) < 4.78 is 29.3. The summed E-state index contributed by atoms with van der Waals surface area (Å²) in [5, 5.41) is 0.577. The number of hydrogen-bond acceptors (Lipinski definition) is 4. The molecule has 8 heteroatoms. The number of hydrogen-bond donors (Lipinski definition) is 1. The Balaban J connectivity index is 2.01. The molecule has 0 spiro atoms. The third kappa shape index (κ3) is 3.61. The van der Waals surface area contributed by atoms with E-state index in [1.54, 1.807) is 30.3 Å². The summed E-state index contributed by atoms with van der Waals surface area (Å²) >= 11 is 2.11. The molecule has 0 fully saturated rings. The zero-order chi connectivity index (χ0) is 21.5. The molecular formula is C22H18IN3O3S. The van der Waals surface area contributed by atoms with Gasteiger partial charge in [0.05, 0.1) is 16.2 Å². The second-order valence-electron chi connectivity index (χ2n) is 6.96. The van der Waals surface area contributed by atoms with Crippen molar-refractivity contribution in [2.24, 2.45) is 5.73 Å². The van der Waals surface area contributed by atoms with Crippen LogP contribution < -0.4 is 5.73 Å². The lowest BCUT2D eigenvalue weighted by Crippen LogP contribution is -2.17. The fourth-order valence-electron chi connectivity index (χ4n) is 3.30. The quantitative estimate of drug-likeness (QED) is 0.396. The molecule has 0 saturated carbocycles. The molecule has 4 aromatic rings. The summed E-state index contributed by atoms with van der Waals surface area (Å²) in [6.07, 6.45) is 1.71. The first kappa shape index (κ1) is 20.5. The molecule has 30 heavy (non-hydrogen) atoms. The molecule has 4 rings (SSSR count). The summed E-state index contributed by atoms with van der Waals surface area (Å²) in [7, 11) is -3.91. The zero-order valence-corrected chi connectivity index (χ0v) is 19.0. The van der Waals surface area contributed by atoms with Crippen molar-refractivity contribution in [1.82, 2.24) is 8.96 Å². The Morgan fingerprint density at radius 1 is 1.10 bits per heavy atom. The van der Waals surface area contributed by atoms with E-state index in [1.165, 1.54) is 10.2 Å². The summed E-state index contributed by atoms with van der Waals surface area (Å²) in [5.74, 6) is -0.612. The van der Waals surface area contributed by atoms with Gasteiger partial charge in [0.15, 0.2) is 5.65 Å². The second kappa shape index (κ2) is 7.84. The Morgan fingerprint density at radius 2 is 1.77 bits per heavy atom. The number of primary amides is 1. The largest absolute Gasteiger partial charge is 0.366 e. The highest BCUT2D eigenvalue weighted by Gasteiger charge is 2.27. The van der Waals surface area contributed by atoms with Gasteiger partial charge >= 0.3 is 0 Å². The van der Waals surface area contributed by atoms with Crippen LogP contribution in [0.3, 0.4) is 0 Å². The molecule has 2 heterocycles. The van der Waals surface area contributed by atoms with Crippen LogP contribution in [0, 0.1) is 10.5 Å². The number of carbonyl (C=O) groups is 1. The van der Waals surface area contributed by atoms with Crippen molar-refractivity contribution >= 4 is 49.6 Å². The first-order valence-electron chi connectivity index (χ1n) is 9.14. The number of carbonyl (C=O) groups excluding carboxylic acids is 1. The smallest absolute Gasteiger partial charge is 0.269 e. The van der Waals surface area contributed by atoms with Crippen molar-refractivity contribution in [3.63, 3.8) is 0 Å². The van der Waals surface area contributed by atoms with E-state index in [2.05, 4.69) is 27.6 Å². The van der Waals surface area contributed by atoms with E-state index in [9.17, 15) is 13.2 Å². The molecule has 0 radical (unpaired) electrons. The van der Waals surface area contributed by atoms with Crippen LogP contribution in [0.4, 0.5) is 0 Å². The number of halogens is 1.